The smallest absolute Gasteiger partial charge is 0.204 e. The molecule has 0 spiro atoms. The summed E-state index contributed by atoms with van der Waals surface area (Å²) in [5.41, 5.74) is 0.837. The topological polar surface area (TPSA) is 48.7 Å². The third kappa shape index (κ3) is 2.31. The van der Waals surface area contributed by atoms with Crippen LogP contribution in [0.25, 0.3) is 0 Å². The average Bonchev–Trinajstić information content (AvgIpc) is 2.72. The van der Waals surface area contributed by atoms with Gasteiger partial charge in [0.1, 0.15) is 0 Å². The minimum absolute atomic E-state index is 0.0945. The molecule has 0 saturated heterocycles. The Balaban J connectivity index is 1.96. The van der Waals surface area contributed by atoms with Crippen molar-refractivity contribution in [2.75, 3.05) is 13.2 Å². The van der Waals surface area contributed by atoms with Gasteiger partial charge in [0, 0.05) is 12.0 Å². The van der Waals surface area contributed by atoms with E-state index < -0.39 is 0 Å². The lowest BCUT2D eigenvalue weighted by atomic mass is 10.1. The van der Waals surface area contributed by atoms with Crippen molar-refractivity contribution in [3.05, 3.63) is 46.9 Å². The molecule has 4 nitrogen and oxygen atoms in total. The largest absolute Gasteiger partial charge is 0.490 e. The Labute approximate surface area is 114 Å². The van der Waals surface area contributed by atoms with Gasteiger partial charge in [-0.05, 0) is 35.9 Å². The minimum Gasteiger partial charge on any atom is -0.490 e. The normalized spacial score (nSPS) is 13.9. The Morgan fingerprint density at radius 3 is 2.63 bits per heavy atom. The Morgan fingerprint density at radius 1 is 1.11 bits per heavy atom. The maximum atomic E-state index is 12.3. The van der Waals surface area contributed by atoms with Crippen LogP contribution in [0.5, 0.6) is 11.5 Å². The van der Waals surface area contributed by atoms with E-state index >= 15 is 0 Å². The molecule has 2 aromatic rings. The van der Waals surface area contributed by atoms with E-state index in [1.807, 2.05) is 0 Å². The third-order valence-electron chi connectivity index (χ3n) is 2.87. The number of halogens is 1. The number of carbonyl (C=O) groups excluding carboxylic acids is 1. The zero-order valence-electron chi connectivity index (χ0n) is 10.0. The molecule has 0 unspecified atom stereocenters. The molecule has 0 radical (unpaired) electrons. The van der Waals surface area contributed by atoms with Crippen molar-refractivity contribution >= 4 is 17.4 Å². The van der Waals surface area contributed by atoms with Crippen molar-refractivity contribution in [3.63, 3.8) is 0 Å². The fourth-order valence-corrected chi connectivity index (χ4v) is 2.12. The van der Waals surface area contributed by atoms with Crippen LogP contribution in [-0.4, -0.2) is 19.0 Å². The first-order valence-corrected chi connectivity index (χ1v) is 6.31. The predicted molar refractivity (Wildman–Crippen MR) is 69.2 cm³/mol. The van der Waals surface area contributed by atoms with E-state index in [1.165, 1.54) is 6.26 Å². The maximum Gasteiger partial charge on any atom is 0.204 e. The van der Waals surface area contributed by atoms with Crippen molar-refractivity contribution in [2.24, 2.45) is 0 Å². The zero-order chi connectivity index (χ0) is 13.2. The molecule has 0 atom stereocenters. The van der Waals surface area contributed by atoms with E-state index in [-0.39, 0.29) is 11.0 Å². The van der Waals surface area contributed by atoms with Gasteiger partial charge >= 0.3 is 0 Å². The molecule has 0 aliphatic carbocycles. The molecule has 1 aliphatic rings. The van der Waals surface area contributed by atoms with Crippen LogP contribution in [0.3, 0.4) is 0 Å². The number of furan rings is 1. The second kappa shape index (κ2) is 4.97. The molecule has 19 heavy (non-hydrogen) atoms. The summed E-state index contributed by atoms with van der Waals surface area (Å²) in [6, 6.07) is 6.65. The molecule has 0 fully saturated rings. The molecule has 0 saturated carbocycles. The first-order chi connectivity index (χ1) is 9.25. The number of hydrogen-bond acceptors (Lipinski definition) is 4. The molecule has 0 amide bonds. The van der Waals surface area contributed by atoms with Crippen molar-refractivity contribution in [3.8, 4) is 11.5 Å². The number of benzene rings is 1. The van der Waals surface area contributed by atoms with Gasteiger partial charge in [0.05, 0.1) is 25.0 Å². The second-order valence-electron chi connectivity index (χ2n) is 4.15. The molecule has 1 aromatic heterocycles. The Hall–Kier alpha value is -1.94. The molecule has 1 aliphatic heterocycles. The van der Waals surface area contributed by atoms with E-state index in [0.29, 0.717) is 35.8 Å². The number of rotatable bonds is 2. The van der Waals surface area contributed by atoms with Crippen LogP contribution in [0.15, 0.2) is 34.9 Å². The highest BCUT2D eigenvalue weighted by Gasteiger charge is 2.18. The first kappa shape index (κ1) is 12.1. The van der Waals surface area contributed by atoms with Crippen molar-refractivity contribution in [2.45, 2.75) is 6.42 Å². The lowest BCUT2D eigenvalue weighted by molar-refractivity contribution is 0.103. The highest BCUT2D eigenvalue weighted by atomic mass is 35.5. The Kier molecular flexibility index (Phi) is 3.17. The van der Waals surface area contributed by atoms with E-state index in [2.05, 4.69) is 0 Å². The van der Waals surface area contributed by atoms with E-state index in [4.69, 9.17) is 25.5 Å². The summed E-state index contributed by atoms with van der Waals surface area (Å²) in [6.45, 7) is 1.20. The molecule has 2 heterocycles. The standard InChI is InChI=1S/C14H11ClO4/c15-14-10(4-7-19-14)13(16)9-2-3-11-12(8-9)18-6-1-5-17-11/h2-4,7-8H,1,5-6H2. The molecule has 3 rings (SSSR count). The van der Waals surface area contributed by atoms with Gasteiger partial charge in [-0.1, -0.05) is 0 Å². The van der Waals surface area contributed by atoms with Gasteiger partial charge < -0.3 is 13.9 Å². The number of ether oxygens (including phenoxy) is 2. The highest BCUT2D eigenvalue weighted by Crippen LogP contribution is 2.31. The summed E-state index contributed by atoms with van der Waals surface area (Å²) in [5, 5.41) is 0.0945. The molecule has 0 N–H and O–H groups in total. The molecule has 98 valence electrons. The van der Waals surface area contributed by atoms with Gasteiger partial charge in [0.15, 0.2) is 17.3 Å². The molecule has 5 heteroatoms. The van der Waals surface area contributed by atoms with Gasteiger partial charge in [0.25, 0.3) is 0 Å². The van der Waals surface area contributed by atoms with Crippen LogP contribution >= 0.6 is 11.6 Å². The number of ketones is 1. The molecular weight excluding hydrogens is 268 g/mol. The first-order valence-electron chi connectivity index (χ1n) is 5.93. The quantitative estimate of drug-likeness (QED) is 0.791. The van der Waals surface area contributed by atoms with Crippen LogP contribution in [0.4, 0.5) is 0 Å². The van der Waals surface area contributed by atoms with Crippen LogP contribution < -0.4 is 9.47 Å². The number of hydrogen-bond donors (Lipinski definition) is 0. The number of carbonyl (C=O) groups is 1. The SMILES string of the molecule is O=C(c1ccc2c(c1)OCCCO2)c1ccoc1Cl. The summed E-state index contributed by atoms with van der Waals surface area (Å²) in [7, 11) is 0. The monoisotopic (exact) mass is 278 g/mol. The summed E-state index contributed by atoms with van der Waals surface area (Å²) >= 11 is 5.81. The average molecular weight is 279 g/mol. The van der Waals surface area contributed by atoms with Gasteiger partial charge in [0.2, 0.25) is 5.22 Å². The third-order valence-corrected chi connectivity index (χ3v) is 3.16. The van der Waals surface area contributed by atoms with Crippen LogP contribution in [0.2, 0.25) is 5.22 Å². The van der Waals surface area contributed by atoms with Gasteiger partial charge in [-0.15, -0.1) is 0 Å². The fraction of sp³-hybridized carbons (Fsp3) is 0.214. The molecular formula is C14H11ClO4. The Bertz CT molecular complexity index is 618. The van der Waals surface area contributed by atoms with Crippen molar-refractivity contribution in [1.29, 1.82) is 0 Å². The van der Waals surface area contributed by atoms with E-state index in [9.17, 15) is 4.79 Å². The van der Waals surface area contributed by atoms with Gasteiger partial charge in [-0.3, -0.25) is 4.79 Å². The maximum absolute atomic E-state index is 12.3. The summed E-state index contributed by atoms with van der Waals surface area (Å²) in [4.78, 5) is 12.3. The second-order valence-corrected chi connectivity index (χ2v) is 4.49. The number of fused-ring (bicyclic) bond motifs is 1. The summed E-state index contributed by atoms with van der Waals surface area (Å²) in [6.07, 6.45) is 2.21. The van der Waals surface area contributed by atoms with Crippen molar-refractivity contribution in [1.82, 2.24) is 0 Å². The van der Waals surface area contributed by atoms with Crippen molar-refractivity contribution < 1.29 is 18.7 Å². The van der Waals surface area contributed by atoms with Crippen LogP contribution in [0, 0.1) is 0 Å². The fourth-order valence-electron chi connectivity index (χ4n) is 1.92. The Morgan fingerprint density at radius 2 is 1.89 bits per heavy atom. The minimum atomic E-state index is -0.200. The summed E-state index contributed by atoms with van der Waals surface area (Å²) in [5.74, 6) is 1.05. The van der Waals surface area contributed by atoms with E-state index in [1.54, 1.807) is 24.3 Å². The zero-order valence-corrected chi connectivity index (χ0v) is 10.8. The van der Waals surface area contributed by atoms with E-state index in [0.717, 1.165) is 6.42 Å². The lowest BCUT2D eigenvalue weighted by Crippen LogP contribution is -2.01. The predicted octanol–water partition coefficient (Wildman–Crippen LogP) is 3.33. The summed E-state index contributed by atoms with van der Waals surface area (Å²) < 4.78 is 16.0. The highest BCUT2D eigenvalue weighted by molar-refractivity contribution is 6.33. The van der Waals surface area contributed by atoms with Crippen LogP contribution in [0.1, 0.15) is 22.3 Å². The molecule has 0 bridgehead atoms. The van der Waals surface area contributed by atoms with Gasteiger partial charge in [-0.25, -0.2) is 0 Å². The lowest BCUT2D eigenvalue weighted by Gasteiger charge is -2.08. The van der Waals surface area contributed by atoms with Crippen LogP contribution in [-0.2, 0) is 0 Å². The molecule has 1 aromatic carbocycles. The van der Waals surface area contributed by atoms with Gasteiger partial charge in [-0.2, -0.15) is 0 Å².